The molecule has 0 saturated carbocycles. The fourth-order valence-corrected chi connectivity index (χ4v) is 2.38. The van der Waals surface area contributed by atoms with Crippen LogP contribution in [0.2, 0.25) is 0 Å². The third-order valence-corrected chi connectivity index (χ3v) is 3.40. The van der Waals surface area contributed by atoms with E-state index in [1.165, 1.54) is 12.1 Å². The van der Waals surface area contributed by atoms with Gasteiger partial charge in [0, 0.05) is 6.54 Å². The Morgan fingerprint density at radius 1 is 1.41 bits per heavy atom. The number of carboxylic acids is 1. The zero-order chi connectivity index (χ0) is 13.1. The lowest BCUT2D eigenvalue weighted by molar-refractivity contribution is -0.136. The minimum atomic E-state index is -3.85. The van der Waals surface area contributed by atoms with Crippen LogP contribution in [0.4, 0.5) is 4.39 Å². The van der Waals surface area contributed by atoms with Crippen LogP contribution in [0.25, 0.3) is 0 Å². The second-order valence-electron chi connectivity index (χ2n) is 3.51. The summed E-state index contributed by atoms with van der Waals surface area (Å²) in [6.45, 7) is 1.34. The summed E-state index contributed by atoms with van der Waals surface area (Å²) in [4.78, 5) is 10.0. The van der Waals surface area contributed by atoms with Crippen molar-refractivity contribution in [3.63, 3.8) is 0 Å². The largest absolute Gasteiger partial charge is 0.481 e. The Kier molecular flexibility index (Phi) is 4.19. The molecule has 1 rings (SSSR count). The van der Waals surface area contributed by atoms with Gasteiger partial charge in [-0.1, -0.05) is 0 Å². The van der Waals surface area contributed by atoms with Crippen LogP contribution < -0.4 is 4.72 Å². The van der Waals surface area contributed by atoms with Gasteiger partial charge in [0.1, 0.15) is 5.82 Å². The summed E-state index contributed by atoms with van der Waals surface area (Å²) in [5.41, 5.74) is 0.476. The Hall–Kier alpha value is -1.47. The number of aliphatic carboxylic acids is 1. The van der Waals surface area contributed by atoms with Crippen LogP contribution in [0.1, 0.15) is 12.0 Å². The topological polar surface area (TPSA) is 83.5 Å². The molecule has 0 fully saturated rings. The molecule has 2 N–H and O–H groups in total. The summed E-state index contributed by atoms with van der Waals surface area (Å²) in [6, 6.07) is 3.40. The summed E-state index contributed by atoms with van der Waals surface area (Å²) >= 11 is 0. The Morgan fingerprint density at radius 2 is 2.06 bits per heavy atom. The number of benzene rings is 1. The maximum absolute atomic E-state index is 13.0. The van der Waals surface area contributed by atoms with Crippen molar-refractivity contribution in [1.82, 2.24) is 4.72 Å². The molecule has 0 saturated heterocycles. The molecule has 94 valence electrons. The zero-order valence-electron chi connectivity index (χ0n) is 9.10. The van der Waals surface area contributed by atoms with Crippen LogP contribution in [0, 0.1) is 12.7 Å². The third-order valence-electron chi connectivity index (χ3n) is 1.96. The van der Waals surface area contributed by atoms with Crippen molar-refractivity contribution in [2.24, 2.45) is 0 Å². The molecule has 0 atom stereocenters. The van der Waals surface area contributed by atoms with E-state index in [-0.39, 0.29) is 17.9 Å². The SMILES string of the molecule is Cc1cc(F)cc(S(=O)(=O)NCCC(=O)O)c1. The molecule has 1 aromatic carbocycles. The Morgan fingerprint density at radius 3 is 2.59 bits per heavy atom. The minimum Gasteiger partial charge on any atom is -0.481 e. The molecule has 0 aliphatic heterocycles. The highest BCUT2D eigenvalue weighted by Gasteiger charge is 2.15. The van der Waals surface area contributed by atoms with Gasteiger partial charge in [0.05, 0.1) is 11.3 Å². The van der Waals surface area contributed by atoms with Gasteiger partial charge in [0.2, 0.25) is 10.0 Å². The first-order chi connectivity index (χ1) is 7.81. The second-order valence-corrected chi connectivity index (χ2v) is 5.27. The van der Waals surface area contributed by atoms with Gasteiger partial charge in [0.25, 0.3) is 0 Å². The normalized spacial score (nSPS) is 11.4. The first-order valence-corrected chi connectivity index (χ1v) is 6.28. The zero-order valence-corrected chi connectivity index (χ0v) is 9.92. The molecular formula is C10H12FNO4S. The standard InChI is InChI=1S/C10H12FNO4S/c1-7-4-8(11)6-9(5-7)17(15,16)12-3-2-10(13)14/h4-6,12H,2-3H2,1H3,(H,13,14). The van der Waals surface area contributed by atoms with Gasteiger partial charge in [-0.3, -0.25) is 4.79 Å². The molecule has 1 aromatic rings. The lowest BCUT2D eigenvalue weighted by atomic mass is 10.2. The smallest absolute Gasteiger partial charge is 0.304 e. The summed E-state index contributed by atoms with van der Waals surface area (Å²) < 4.78 is 38.4. The van der Waals surface area contributed by atoms with E-state index >= 15 is 0 Å². The molecule has 0 unspecified atom stereocenters. The van der Waals surface area contributed by atoms with Crippen LogP contribution >= 0.6 is 0 Å². The van der Waals surface area contributed by atoms with Crippen molar-refractivity contribution in [1.29, 1.82) is 0 Å². The van der Waals surface area contributed by atoms with Crippen LogP contribution in [0.3, 0.4) is 0 Å². The van der Waals surface area contributed by atoms with Gasteiger partial charge in [-0.05, 0) is 30.7 Å². The summed E-state index contributed by atoms with van der Waals surface area (Å²) in [5, 5.41) is 8.37. The molecule has 0 aromatic heterocycles. The van der Waals surface area contributed by atoms with Crippen molar-refractivity contribution < 1.29 is 22.7 Å². The van der Waals surface area contributed by atoms with Crippen LogP contribution in [-0.4, -0.2) is 26.0 Å². The lowest BCUT2D eigenvalue weighted by Crippen LogP contribution is -2.26. The molecule has 0 amide bonds. The number of carboxylic acid groups (broad SMARTS) is 1. The number of rotatable bonds is 5. The van der Waals surface area contributed by atoms with E-state index in [0.29, 0.717) is 5.56 Å². The average molecular weight is 261 g/mol. The Bertz CT molecular complexity index is 507. The van der Waals surface area contributed by atoms with Crippen LogP contribution in [-0.2, 0) is 14.8 Å². The van der Waals surface area contributed by atoms with Gasteiger partial charge in [-0.15, -0.1) is 0 Å². The summed E-state index contributed by atoms with van der Waals surface area (Å²) in [6.07, 6.45) is -0.326. The quantitative estimate of drug-likeness (QED) is 0.824. The number of carbonyl (C=O) groups is 1. The monoisotopic (exact) mass is 261 g/mol. The summed E-state index contributed by atoms with van der Waals surface area (Å²) in [5.74, 6) is -1.76. The number of hydrogen-bond acceptors (Lipinski definition) is 3. The molecule has 0 aliphatic rings. The van der Waals surface area contributed by atoms with E-state index in [4.69, 9.17) is 5.11 Å². The Balaban J connectivity index is 2.86. The van der Waals surface area contributed by atoms with E-state index in [9.17, 15) is 17.6 Å². The van der Waals surface area contributed by atoms with Crippen molar-refractivity contribution in [3.8, 4) is 0 Å². The fraction of sp³-hybridized carbons (Fsp3) is 0.300. The molecule has 0 radical (unpaired) electrons. The third kappa shape index (κ3) is 4.12. The van der Waals surface area contributed by atoms with E-state index < -0.39 is 21.8 Å². The van der Waals surface area contributed by atoms with Crippen molar-refractivity contribution in [2.45, 2.75) is 18.2 Å². The first kappa shape index (κ1) is 13.6. The van der Waals surface area contributed by atoms with E-state index in [0.717, 1.165) is 6.07 Å². The molecule has 7 heteroatoms. The average Bonchev–Trinajstić information content (AvgIpc) is 2.14. The van der Waals surface area contributed by atoms with E-state index in [1.807, 2.05) is 0 Å². The second kappa shape index (κ2) is 5.24. The van der Waals surface area contributed by atoms with Crippen molar-refractivity contribution in [3.05, 3.63) is 29.6 Å². The van der Waals surface area contributed by atoms with Crippen molar-refractivity contribution >= 4 is 16.0 Å². The van der Waals surface area contributed by atoms with E-state index in [1.54, 1.807) is 6.92 Å². The maximum Gasteiger partial charge on any atom is 0.304 e. The van der Waals surface area contributed by atoms with Crippen LogP contribution in [0.15, 0.2) is 23.1 Å². The first-order valence-electron chi connectivity index (χ1n) is 4.80. The van der Waals surface area contributed by atoms with Gasteiger partial charge in [-0.25, -0.2) is 17.5 Å². The predicted octanol–water partition coefficient (Wildman–Crippen LogP) is 0.887. The van der Waals surface area contributed by atoms with Gasteiger partial charge in [-0.2, -0.15) is 0 Å². The van der Waals surface area contributed by atoms with Crippen LogP contribution in [0.5, 0.6) is 0 Å². The molecular weight excluding hydrogens is 249 g/mol. The highest BCUT2D eigenvalue weighted by molar-refractivity contribution is 7.89. The fourth-order valence-electron chi connectivity index (χ4n) is 1.23. The Labute approximate surface area is 98.3 Å². The number of nitrogens with one attached hydrogen (secondary N) is 1. The maximum atomic E-state index is 13.0. The van der Waals surface area contributed by atoms with Gasteiger partial charge in [0.15, 0.2) is 0 Å². The molecule has 5 nitrogen and oxygen atoms in total. The molecule has 0 bridgehead atoms. The summed E-state index contributed by atoms with van der Waals surface area (Å²) in [7, 11) is -3.85. The molecule has 0 spiro atoms. The number of hydrogen-bond donors (Lipinski definition) is 2. The van der Waals surface area contributed by atoms with Crippen molar-refractivity contribution in [2.75, 3.05) is 6.54 Å². The molecule has 0 aliphatic carbocycles. The van der Waals surface area contributed by atoms with Gasteiger partial charge >= 0.3 is 5.97 Å². The lowest BCUT2D eigenvalue weighted by Gasteiger charge is -2.06. The highest BCUT2D eigenvalue weighted by atomic mass is 32.2. The van der Waals surface area contributed by atoms with Gasteiger partial charge < -0.3 is 5.11 Å². The predicted molar refractivity (Wildman–Crippen MR) is 58.6 cm³/mol. The number of sulfonamides is 1. The minimum absolute atomic E-state index is 0.208. The highest BCUT2D eigenvalue weighted by Crippen LogP contribution is 2.13. The number of aryl methyl sites for hydroxylation is 1. The molecule has 0 heterocycles. The molecule has 17 heavy (non-hydrogen) atoms. The van der Waals surface area contributed by atoms with E-state index in [2.05, 4.69) is 4.72 Å². The number of halogens is 1.